The van der Waals surface area contributed by atoms with Crippen LogP contribution in [0, 0.1) is 5.82 Å². The maximum absolute atomic E-state index is 13.8. The van der Waals surface area contributed by atoms with Gasteiger partial charge in [-0.3, -0.25) is 9.59 Å². The third-order valence-corrected chi connectivity index (χ3v) is 8.80. The normalized spacial score (nSPS) is 11.2. The maximum Gasteiger partial charge on any atom is 0.287 e. The van der Waals surface area contributed by atoms with Crippen LogP contribution in [0.4, 0.5) is 4.39 Å². The van der Waals surface area contributed by atoms with Crippen molar-refractivity contribution >= 4 is 45.2 Å². The van der Waals surface area contributed by atoms with Crippen LogP contribution in [0.15, 0.2) is 93.4 Å². The van der Waals surface area contributed by atoms with Crippen molar-refractivity contribution in [2.24, 2.45) is 0 Å². The Labute approximate surface area is 263 Å². The van der Waals surface area contributed by atoms with E-state index in [9.17, 15) is 14.0 Å². The minimum atomic E-state index is -0.403. The zero-order valence-electron chi connectivity index (χ0n) is 23.6. The second kappa shape index (κ2) is 15.5. The number of hydrogen-bond acceptors (Lipinski definition) is 5. The molecule has 1 heterocycles. The van der Waals surface area contributed by atoms with Gasteiger partial charge in [-0.05, 0) is 75.5 Å². The van der Waals surface area contributed by atoms with E-state index in [1.165, 1.54) is 23.9 Å². The molecule has 0 bridgehead atoms. The first kappa shape index (κ1) is 31.9. The van der Waals surface area contributed by atoms with E-state index < -0.39 is 5.56 Å². The topological polar surface area (TPSA) is 58.4 Å². The highest BCUT2D eigenvalue weighted by atomic mass is 79.9. The van der Waals surface area contributed by atoms with Crippen molar-refractivity contribution in [1.29, 1.82) is 0 Å². The lowest BCUT2D eigenvalue weighted by Gasteiger charge is -2.27. The number of benzene rings is 3. The Morgan fingerprint density at radius 2 is 1.52 bits per heavy atom. The highest BCUT2D eigenvalue weighted by Gasteiger charge is 2.18. The summed E-state index contributed by atoms with van der Waals surface area (Å²) in [5.41, 5.74) is 3.65. The molecule has 220 valence electrons. The molecule has 0 radical (unpaired) electrons. The van der Waals surface area contributed by atoms with Gasteiger partial charge in [0.2, 0.25) is 5.91 Å². The van der Waals surface area contributed by atoms with Crippen molar-refractivity contribution in [2.45, 2.75) is 37.8 Å². The smallest absolute Gasteiger partial charge is 0.287 e. The predicted octanol–water partition coefficient (Wildman–Crippen LogP) is 7.13. The fourth-order valence-corrected chi connectivity index (χ4v) is 5.79. The highest BCUT2D eigenvalue weighted by molar-refractivity contribution is 9.10. The number of amides is 1. The number of rotatable bonds is 13. The first-order valence-corrected chi connectivity index (χ1v) is 15.9. The number of carbonyl (C=O) groups excluding carboxylic acids is 1. The van der Waals surface area contributed by atoms with E-state index in [4.69, 9.17) is 11.6 Å². The summed E-state index contributed by atoms with van der Waals surface area (Å²) >= 11 is 10.7. The molecule has 0 saturated carbocycles. The van der Waals surface area contributed by atoms with Gasteiger partial charge in [0.1, 0.15) is 16.8 Å². The minimum Gasteiger partial charge on any atom is -0.336 e. The van der Waals surface area contributed by atoms with Crippen molar-refractivity contribution in [2.75, 3.05) is 26.2 Å². The monoisotopic (exact) mass is 670 g/mol. The van der Waals surface area contributed by atoms with Crippen LogP contribution >= 0.6 is 39.3 Å². The summed E-state index contributed by atoms with van der Waals surface area (Å²) in [5, 5.41) is 1.12. The van der Waals surface area contributed by atoms with Crippen LogP contribution in [-0.2, 0) is 23.6 Å². The molecule has 10 heteroatoms. The molecule has 4 rings (SSSR count). The lowest BCUT2D eigenvalue weighted by Crippen LogP contribution is -2.40. The number of nitrogens with zero attached hydrogens (tertiary/aromatic N) is 4. The summed E-state index contributed by atoms with van der Waals surface area (Å²) in [7, 11) is 0. The Kier molecular flexibility index (Phi) is 11.8. The van der Waals surface area contributed by atoms with Crippen molar-refractivity contribution in [3.8, 4) is 11.1 Å². The van der Waals surface area contributed by atoms with Crippen LogP contribution in [0.5, 0.6) is 0 Å². The van der Waals surface area contributed by atoms with Gasteiger partial charge in [0, 0.05) is 36.6 Å². The number of likely N-dealkylation sites (N-methyl/N-ethyl adjacent to an activating group) is 1. The standard InChI is InChI=1S/C32H33BrClFN4O2S/c1-3-37(4-2)17-18-38(19-23-5-9-25(10-6-23)26-11-13-27(34)14-12-26)30(40)21-39-20-29(33)31(41)36-32(39)42-22-24-7-15-28(35)16-8-24/h5-16,20H,3-4,17-19,21-22H2,1-2H3. The molecule has 42 heavy (non-hydrogen) atoms. The zero-order chi connectivity index (χ0) is 30.1. The molecule has 1 aromatic heterocycles. The van der Waals surface area contributed by atoms with Gasteiger partial charge in [0.05, 0.1) is 0 Å². The summed E-state index contributed by atoms with van der Waals surface area (Å²) in [4.78, 5) is 34.5. The van der Waals surface area contributed by atoms with E-state index in [0.29, 0.717) is 29.0 Å². The molecule has 0 spiro atoms. The second-order valence-corrected chi connectivity index (χ2v) is 12.0. The molecular weight excluding hydrogens is 639 g/mol. The summed E-state index contributed by atoms with van der Waals surface area (Å²) in [6.45, 7) is 7.81. The molecule has 3 aromatic carbocycles. The molecule has 0 atom stereocenters. The Morgan fingerprint density at radius 3 is 2.14 bits per heavy atom. The van der Waals surface area contributed by atoms with Crippen LogP contribution in [0.3, 0.4) is 0 Å². The molecule has 6 nitrogen and oxygen atoms in total. The van der Waals surface area contributed by atoms with E-state index in [2.05, 4.69) is 51.8 Å². The average molecular weight is 672 g/mol. The SMILES string of the molecule is CCN(CC)CCN(Cc1ccc(-c2ccc(Cl)cc2)cc1)C(=O)Cn1cc(Br)c(=O)nc1SCc1ccc(F)cc1. The largest absolute Gasteiger partial charge is 0.336 e. The maximum atomic E-state index is 13.8. The van der Waals surface area contributed by atoms with Gasteiger partial charge in [-0.15, -0.1) is 0 Å². The van der Waals surface area contributed by atoms with E-state index >= 15 is 0 Å². The van der Waals surface area contributed by atoms with Gasteiger partial charge < -0.3 is 14.4 Å². The lowest BCUT2D eigenvalue weighted by atomic mass is 10.0. The molecule has 0 N–H and O–H groups in total. The first-order valence-electron chi connectivity index (χ1n) is 13.7. The molecule has 1 amide bonds. The summed E-state index contributed by atoms with van der Waals surface area (Å²) in [5.74, 6) is 0.0936. The molecule has 0 aliphatic carbocycles. The van der Waals surface area contributed by atoms with Crippen molar-refractivity contribution < 1.29 is 9.18 Å². The van der Waals surface area contributed by atoms with E-state index in [-0.39, 0.29) is 22.7 Å². The average Bonchev–Trinajstić information content (AvgIpc) is 2.99. The third-order valence-electron chi connectivity index (χ3n) is 6.94. The fourth-order valence-electron chi connectivity index (χ4n) is 4.41. The van der Waals surface area contributed by atoms with E-state index in [0.717, 1.165) is 41.9 Å². The van der Waals surface area contributed by atoms with Crippen LogP contribution in [0.1, 0.15) is 25.0 Å². The molecule has 0 unspecified atom stereocenters. The van der Waals surface area contributed by atoms with Gasteiger partial charge in [-0.1, -0.05) is 85.7 Å². The summed E-state index contributed by atoms with van der Waals surface area (Å²) in [6, 6.07) is 22.1. The Balaban J connectivity index is 1.53. The molecular formula is C32H33BrClFN4O2S. The fraction of sp³-hybridized carbons (Fsp3) is 0.281. The van der Waals surface area contributed by atoms with Crippen molar-refractivity contribution in [3.05, 3.63) is 116 Å². The van der Waals surface area contributed by atoms with Crippen LogP contribution < -0.4 is 5.56 Å². The molecule has 0 fully saturated rings. The molecule has 0 saturated heterocycles. The number of hydrogen-bond donors (Lipinski definition) is 0. The van der Waals surface area contributed by atoms with Gasteiger partial charge in [-0.25, -0.2) is 4.39 Å². The second-order valence-electron chi connectivity index (χ2n) is 9.77. The molecule has 0 aliphatic rings. The van der Waals surface area contributed by atoms with Gasteiger partial charge >= 0.3 is 0 Å². The van der Waals surface area contributed by atoms with Crippen LogP contribution in [-0.4, -0.2) is 51.4 Å². The van der Waals surface area contributed by atoms with Gasteiger partial charge in [0.25, 0.3) is 5.56 Å². The van der Waals surface area contributed by atoms with E-state index in [1.807, 2.05) is 41.3 Å². The quantitative estimate of drug-likeness (QED) is 0.112. The van der Waals surface area contributed by atoms with Crippen LogP contribution in [0.25, 0.3) is 11.1 Å². The lowest BCUT2D eigenvalue weighted by molar-refractivity contribution is -0.132. The van der Waals surface area contributed by atoms with Crippen molar-refractivity contribution in [3.63, 3.8) is 0 Å². The molecule has 0 aliphatic heterocycles. The van der Waals surface area contributed by atoms with E-state index in [1.54, 1.807) is 22.9 Å². The predicted molar refractivity (Wildman–Crippen MR) is 172 cm³/mol. The summed E-state index contributed by atoms with van der Waals surface area (Å²) in [6.07, 6.45) is 1.61. The zero-order valence-corrected chi connectivity index (χ0v) is 26.8. The Morgan fingerprint density at radius 1 is 0.929 bits per heavy atom. The van der Waals surface area contributed by atoms with Crippen LogP contribution in [0.2, 0.25) is 5.02 Å². The first-order chi connectivity index (χ1) is 20.2. The summed E-state index contributed by atoms with van der Waals surface area (Å²) < 4.78 is 15.3. The molecule has 4 aromatic rings. The number of halogens is 3. The Hall–Kier alpha value is -2.98. The third kappa shape index (κ3) is 9.01. The van der Waals surface area contributed by atoms with Gasteiger partial charge in [0.15, 0.2) is 5.16 Å². The highest BCUT2D eigenvalue weighted by Crippen LogP contribution is 2.24. The number of carbonyl (C=O) groups is 1. The Bertz CT molecular complexity index is 1530. The van der Waals surface area contributed by atoms with Gasteiger partial charge in [-0.2, -0.15) is 4.98 Å². The van der Waals surface area contributed by atoms with Crippen molar-refractivity contribution in [1.82, 2.24) is 19.4 Å². The number of aromatic nitrogens is 2. The minimum absolute atomic E-state index is 0.0265. The number of thioether (sulfide) groups is 1.